The molecule has 1 heterocycles. The van der Waals surface area contributed by atoms with Gasteiger partial charge >= 0.3 is 6.18 Å². The number of rotatable bonds is 5. The number of alkyl halides is 3. The molecule has 118 valence electrons. The molecular weight excluding hydrogens is 315 g/mol. The Morgan fingerprint density at radius 2 is 2.05 bits per heavy atom. The van der Waals surface area contributed by atoms with E-state index in [1.54, 1.807) is 0 Å². The van der Waals surface area contributed by atoms with Gasteiger partial charge in [0, 0.05) is 13.7 Å². The van der Waals surface area contributed by atoms with Crippen LogP contribution in [0, 0.1) is 0 Å². The van der Waals surface area contributed by atoms with Crippen LogP contribution in [-0.4, -0.2) is 19.6 Å². The van der Waals surface area contributed by atoms with E-state index in [4.69, 9.17) is 4.74 Å². The predicted molar refractivity (Wildman–Crippen MR) is 77.8 cm³/mol. The minimum Gasteiger partial charge on any atom is -0.375 e. The van der Waals surface area contributed by atoms with Crippen LogP contribution >= 0.6 is 11.3 Å². The fraction of sp³-hybridized carbons (Fsp3) is 0.267. The molecule has 0 unspecified atom stereocenters. The van der Waals surface area contributed by atoms with E-state index in [0.717, 1.165) is 17.7 Å². The van der Waals surface area contributed by atoms with Crippen molar-refractivity contribution in [2.45, 2.75) is 12.3 Å². The van der Waals surface area contributed by atoms with E-state index in [1.165, 1.54) is 30.6 Å². The Hall–Kier alpha value is -1.86. The molecule has 0 spiro atoms. The van der Waals surface area contributed by atoms with E-state index in [-0.39, 0.29) is 6.54 Å². The second-order valence-corrected chi connectivity index (χ2v) is 5.31. The van der Waals surface area contributed by atoms with E-state index in [2.05, 4.69) is 5.32 Å². The average Bonchev–Trinajstić information content (AvgIpc) is 3.01. The average molecular weight is 329 g/mol. The Bertz CT molecular complexity index is 626. The smallest absolute Gasteiger partial charge is 0.375 e. The van der Waals surface area contributed by atoms with Gasteiger partial charge in [0.15, 0.2) is 0 Å². The fourth-order valence-corrected chi connectivity index (χ4v) is 2.71. The van der Waals surface area contributed by atoms with Gasteiger partial charge in [-0.1, -0.05) is 12.1 Å². The molecule has 2 aromatic rings. The first-order valence-corrected chi connectivity index (χ1v) is 7.37. The molecule has 3 nitrogen and oxygen atoms in total. The van der Waals surface area contributed by atoms with Crippen LogP contribution in [0.4, 0.5) is 13.2 Å². The van der Waals surface area contributed by atoms with Crippen LogP contribution in [0.15, 0.2) is 41.1 Å². The quantitative estimate of drug-likeness (QED) is 0.904. The number of thiophene rings is 1. The molecule has 0 aliphatic heterocycles. The zero-order valence-electron chi connectivity index (χ0n) is 11.7. The molecule has 7 heteroatoms. The van der Waals surface area contributed by atoms with Crippen LogP contribution in [0.5, 0.6) is 0 Å². The van der Waals surface area contributed by atoms with Crippen LogP contribution in [-0.2, 0) is 10.9 Å². The molecule has 1 atom stereocenters. The number of carbonyl (C=O) groups is 1. The lowest BCUT2D eigenvalue weighted by molar-refractivity contribution is -0.137. The van der Waals surface area contributed by atoms with E-state index in [9.17, 15) is 18.0 Å². The summed E-state index contributed by atoms with van der Waals surface area (Å²) in [5, 5.41) is 6.22. The topological polar surface area (TPSA) is 38.3 Å². The number of ether oxygens (including phenoxy) is 1. The van der Waals surface area contributed by atoms with Gasteiger partial charge in [-0.05, 0) is 34.5 Å². The van der Waals surface area contributed by atoms with Gasteiger partial charge in [-0.15, -0.1) is 0 Å². The van der Waals surface area contributed by atoms with Gasteiger partial charge in [0.2, 0.25) is 0 Å². The number of benzene rings is 1. The van der Waals surface area contributed by atoms with E-state index < -0.39 is 29.3 Å². The molecule has 0 bridgehead atoms. The summed E-state index contributed by atoms with van der Waals surface area (Å²) in [5.74, 6) is -0.773. The maximum Gasteiger partial charge on any atom is 0.417 e. The van der Waals surface area contributed by atoms with Gasteiger partial charge in [-0.2, -0.15) is 24.5 Å². The van der Waals surface area contributed by atoms with Crippen LogP contribution in [0.3, 0.4) is 0 Å². The lowest BCUT2D eigenvalue weighted by Crippen LogP contribution is -2.30. The Balaban J connectivity index is 2.10. The summed E-state index contributed by atoms with van der Waals surface area (Å²) < 4.78 is 43.9. The minimum absolute atomic E-state index is 0.0955. The van der Waals surface area contributed by atoms with Crippen molar-refractivity contribution in [2.75, 3.05) is 13.7 Å². The summed E-state index contributed by atoms with van der Waals surface area (Å²) in [7, 11) is 1.48. The van der Waals surface area contributed by atoms with Crippen molar-refractivity contribution in [3.63, 3.8) is 0 Å². The first-order valence-electron chi connectivity index (χ1n) is 6.42. The van der Waals surface area contributed by atoms with Crippen molar-refractivity contribution >= 4 is 17.2 Å². The highest BCUT2D eigenvalue weighted by Gasteiger charge is 2.34. The van der Waals surface area contributed by atoms with Gasteiger partial charge in [0.1, 0.15) is 6.10 Å². The summed E-state index contributed by atoms with van der Waals surface area (Å²) in [4.78, 5) is 12.0. The standard InChI is InChI=1S/C15H14F3NO2S/c1-21-13(10-6-7-22-9-10)8-19-14(20)11-4-2-3-5-12(11)15(16,17)18/h2-7,9,13H,8H2,1H3,(H,19,20)/t13-/m1/s1. The highest BCUT2D eigenvalue weighted by molar-refractivity contribution is 7.07. The molecule has 1 amide bonds. The molecule has 1 N–H and O–H groups in total. The number of methoxy groups -OCH3 is 1. The van der Waals surface area contributed by atoms with Crippen LogP contribution in [0.1, 0.15) is 27.6 Å². The second kappa shape index (κ2) is 6.93. The second-order valence-electron chi connectivity index (χ2n) is 4.53. The summed E-state index contributed by atoms with van der Waals surface area (Å²) >= 11 is 1.48. The highest BCUT2D eigenvalue weighted by Crippen LogP contribution is 2.31. The minimum atomic E-state index is -4.57. The number of nitrogens with one attached hydrogen (secondary N) is 1. The lowest BCUT2D eigenvalue weighted by Gasteiger charge is -2.16. The first-order chi connectivity index (χ1) is 10.4. The Labute approximate surface area is 129 Å². The van der Waals surface area contributed by atoms with Crippen LogP contribution in [0.25, 0.3) is 0 Å². The molecule has 0 fully saturated rings. The van der Waals surface area contributed by atoms with Gasteiger partial charge in [-0.3, -0.25) is 4.79 Å². The zero-order chi connectivity index (χ0) is 16.2. The van der Waals surface area contributed by atoms with Gasteiger partial charge in [-0.25, -0.2) is 0 Å². The highest BCUT2D eigenvalue weighted by atomic mass is 32.1. The number of carbonyl (C=O) groups excluding carboxylic acids is 1. The van der Waals surface area contributed by atoms with Crippen LogP contribution < -0.4 is 5.32 Å². The molecule has 0 saturated carbocycles. The van der Waals surface area contributed by atoms with Crippen LogP contribution in [0.2, 0.25) is 0 Å². The normalized spacial score (nSPS) is 12.9. The fourth-order valence-electron chi connectivity index (χ4n) is 2.00. The SMILES string of the molecule is CO[C@H](CNC(=O)c1ccccc1C(F)(F)F)c1ccsc1. The molecule has 0 radical (unpaired) electrons. The van der Waals surface area contributed by atoms with Crippen molar-refractivity contribution in [1.82, 2.24) is 5.32 Å². The number of hydrogen-bond donors (Lipinski definition) is 1. The molecular formula is C15H14F3NO2S. The Morgan fingerprint density at radius 3 is 2.64 bits per heavy atom. The van der Waals surface area contributed by atoms with Crippen molar-refractivity contribution in [2.24, 2.45) is 0 Å². The van der Waals surface area contributed by atoms with Crippen molar-refractivity contribution in [1.29, 1.82) is 0 Å². The first kappa shape index (κ1) is 16.5. The van der Waals surface area contributed by atoms with Gasteiger partial charge in [0.05, 0.1) is 11.1 Å². The molecule has 0 aliphatic carbocycles. The van der Waals surface area contributed by atoms with Gasteiger partial charge < -0.3 is 10.1 Å². The predicted octanol–water partition coefficient (Wildman–Crippen LogP) is 3.88. The Morgan fingerprint density at radius 1 is 1.32 bits per heavy atom. The van der Waals surface area contributed by atoms with E-state index in [1.807, 2.05) is 16.8 Å². The molecule has 0 saturated heterocycles. The largest absolute Gasteiger partial charge is 0.417 e. The van der Waals surface area contributed by atoms with Crippen molar-refractivity contribution in [3.8, 4) is 0 Å². The third kappa shape index (κ3) is 3.86. The lowest BCUT2D eigenvalue weighted by atomic mass is 10.1. The number of amides is 1. The van der Waals surface area contributed by atoms with E-state index in [0.29, 0.717) is 0 Å². The van der Waals surface area contributed by atoms with Crippen molar-refractivity contribution in [3.05, 3.63) is 57.8 Å². The van der Waals surface area contributed by atoms with Crippen molar-refractivity contribution < 1.29 is 22.7 Å². The monoisotopic (exact) mass is 329 g/mol. The molecule has 22 heavy (non-hydrogen) atoms. The summed E-state index contributed by atoms with van der Waals surface area (Å²) in [5.41, 5.74) is -0.468. The third-order valence-corrected chi connectivity index (χ3v) is 3.83. The molecule has 1 aromatic heterocycles. The molecule has 2 rings (SSSR count). The zero-order valence-corrected chi connectivity index (χ0v) is 12.5. The van der Waals surface area contributed by atoms with Gasteiger partial charge in [0.25, 0.3) is 5.91 Å². The summed E-state index contributed by atoms with van der Waals surface area (Å²) in [6, 6.07) is 6.54. The number of halogens is 3. The maximum absolute atomic E-state index is 12.9. The molecule has 1 aromatic carbocycles. The summed E-state index contributed by atoms with van der Waals surface area (Å²) in [6.07, 6.45) is -4.96. The molecule has 0 aliphatic rings. The number of hydrogen-bond acceptors (Lipinski definition) is 3. The third-order valence-electron chi connectivity index (χ3n) is 3.12. The van der Waals surface area contributed by atoms with E-state index >= 15 is 0 Å². The maximum atomic E-state index is 12.9. The summed E-state index contributed by atoms with van der Waals surface area (Å²) in [6.45, 7) is 0.0955. The Kier molecular flexibility index (Phi) is 5.20.